The van der Waals surface area contributed by atoms with E-state index in [2.05, 4.69) is 30.4 Å². The highest BCUT2D eigenvalue weighted by Crippen LogP contribution is 2.44. The van der Waals surface area contributed by atoms with Crippen LogP contribution in [0.5, 0.6) is 0 Å². The number of imidazole rings is 1. The van der Waals surface area contributed by atoms with E-state index in [1.807, 2.05) is 0 Å². The minimum absolute atomic E-state index is 0.154. The van der Waals surface area contributed by atoms with Gasteiger partial charge in [0.2, 0.25) is 5.91 Å². The summed E-state index contributed by atoms with van der Waals surface area (Å²) in [5.41, 5.74) is 2.91. The van der Waals surface area contributed by atoms with E-state index in [0.29, 0.717) is 39.6 Å². The predicted molar refractivity (Wildman–Crippen MR) is 103 cm³/mol. The second kappa shape index (κ2) is 6.62. The van der Waals surface area contributed by atoms with Gasteiger partial charge in [0.15, 0.2) is 23.1 Å². The predicted octanol–water partition coefficient (Wildman–Crippen LogP) is 2.90. The number of nitrogens with zero attached hydrogens (tertiary/aromatic N) is 5. The molecule has 0 spiro atoms. The zero-order chi connectivity index (χ0) is 20.1. The van der Waals surface area contributed by atoms with Crippen molar-refractivity contribution in [1.82, 2.24) is 29.7 Å². The summed E-state index contributed by atoms with van der Waals surface area (Å²) < 4.78 is 28.8. The van der Waals surface area contributed by atoms with Gasteiger partial charge in [0.05, 0.1) is 23.0 Å². The van der Waals surface area contributed by atoms with Gasteiger partial charge in [-0.25, -0.2) is 23.7 Å². The molecule has 0 saturated heterocycles. The van der Waals surface area contributed by atoms with Gasteiger partial charge in [-0.1, -0.05) is 6.07 Å². The molecule has 0 saturated carbocycles. The van der Waals surface area contributed by atoms with Crippen LogP contribution in [0.3, 0.4) is 0 Å². The number of benzene rings is 1. The highest BCUT2D eigenvalue weighted by molar-refractivity contribution is 8.00. The highest BCUT2D eigenvalue weighted by Gasteiger charge is 2.32. The molecule has 0 fully saturated rings. The lowest BCUT2D eigenvalue weighted by atomic mass is 10.0. The number of nitrogens with one attached hydrogen (secondary N) is 2. The van der Waals surface area contributed by atoms with Crippen molar-refractivity contribution in [2.45, 2.75) is 12.2 Å². The number of aryl methyl sites for hydroxylation is 1. The number of fused-ring (bicyclic) bond motifs is 2. The second-order valence-electron chi connectivity index (χ2n) is 6.47. The first-order valence-corrected chi connectivity index (χ1v) is 9.68. The van der Waals surface area contributed by atoms with E-state index in [1.165, 1.54) is 35.2 Å². The molecule has 1 aliphatic heterocycles. The van der Waals surface area contributed by atoms with Gasteiger partial charge in [-0.15, -0.1) is 11.8 Å². The molecule has 0 radical (unpaired) electrons. The van der Waals surface area contributed by atoms with Gasteiger partial charge in [-0.3, -0.25) is 4.79 Å². The monoisotopic (exact) mass is 413 g/mol. The van der Waals surface area contributed by atoms with Crippen LogP contribution in [-0.2, 0) is 4.79 Å². The van der Waals surface area contributed by atoms with Crippen molar-refractivity contribution in [3.05, 3.63) is 59.3 Å². The Bertz CT molecular complexity index is 1270. The summed E-state index contributed by atoms with van der Waals surface area (Å²) in [6.07, 6.45) is 2.86. The highest BCUT2D eigenvalue weighted by atomic mass is 32.2. The zero-order valence-corrected chi connectivity index (χ0v) is 15.8. The fourth-order valence-corrected chi connectivity index (χ4v) is 4.57. The molecule has 8 nitrogen and oxygen atoms in total. The Morgan fingerprint density at radius 3 is 2.90 bits per heavy atom. The average molecular weight is 413 g/mol. The third-order valence-electron chi connectivity index (χ3n) is 4.66. The van der Waals surface area contributed by atoms with Crippen LogP contribution < -0.4 is 5.32 Å². The average Bonchev–Trinajstić information content (AvgIpc) is 3.25. The van der Waals surface area contributed by atoms with Crippen molar-refractivity contribution in [1.29, 1.82) is 0 Å². The van der Waals surface area contributed by atoms with Gasteiger partial charge in [-0.05, 0) is 24.6 Å². The fourth-order valence-electron chi connectivity index (χ4n) is 3.39. The Labute approximate surface area is 166 Å². The van der Waals surface area contributed by atoms with Gasteiger partial charge in [0.25, 0.3) is 0 Å². The number of carbonyl (C=O) groups excluding carboxylic acids is 1. The molecule has 0 aliphatic carbocycles. The molecule has 29 heavy (non-hydrogen) atoms. The molecule has 1 aromatic carbocycles. The number of thioether (sulfide) groups is 1. The number of H-pyrrole nitrogens is 1. The van der Waals surface area contributed by atoms with E-state index >= 15 is 0 Å². The molecule has 4 heterocycles. The van der Waals surface area contributed by atoms with E-state index in [1.54, 1.807) is 6.92 Å². The topological polar surface area (TPSA) is 101 Å². The third-order valence-corrected chi connectivity index (χ3v) is 5.93. The molecule has 0 unspecified atom stereocenters. The first-order valence-electron chi connectivity index (χ1n) is 8.63. The van der Waals surface area contributed by atoms with Crippen molar-refractivity contribution in [3.63, 3.8) is 0 Å². The number of aromatic nitrogens is 6. The van der Waals surface area contributed by atoms with Crippen molar-refractivity contribution in [2.24, 2.45) is 0 Å². The first kappa shape index (κ1) is 17.7. The zero-order valence-electron chi connectivity index (χ0n) is 15.0. The Hall–Kier alpha value is -3.34. The van der Waals surface area contributed by atoms with Gasteiger partial charge >= 0.3 is 0 Å². The van der Waals surface area contributed by atoms with Crippen LogP contribution in [-0.4, -0.2) is 41.4 Å². The first-order chi connectivity index (χ1) is 14.0. The van der Waals surface area contributed by atoms with Gasteiger partial charge in [0.1, 0.15) is 17.7 Å². The Kier molecular flexibility index (Phi) is 4.05. The fraction of sp³-hybridized carbons (Fsp3) is 0.167. The van der Waals surface area contributed by atoms with Crippen LogP contribution in [0.25, 0.3) is 17.0 Å². The molecule has 1 aliphatic rings. The van der Waals surface area contributed by atoms with Crippen LogP contribution in [0.1, 0.15) is 22.1 Å². The smallest absolute Gasteiger partial charge is 0.235 e. The number of rotatable bonds is 2. The lowest BCUT2D eigenvalue weighted by Gasteiger charge is -2.15. The van der Waals surface area contributed by atoms with E-state index in [-0.39, 0.29) is 11.7 Å². The molecule has 2 N–H and O–H groups in total. The van der Waals surface area contributed by atoms with Crippen LogP contribution in [0.4, 0.5) is 14.6 Å². The Morgan fingerprint density at radius 2 is 2.07 bits per heavy atom. The maximum absolute atomic E-state index is 13.9. The largest absolute Gasteiger partial charge is 0.340 e. The minimum Gasteiger partial charge on any atom is -0.340 e. The second-order valence-corrected chi connectivity index (χ2v) is 7.56. The maximum atomic E-state index is 13.9. The molecular formula is C18H13F2N7OS. The summed E-state index contributed by atoms with van der Waals surface area (Å²) in [7, 11) is 0. The minimum atomic E-state index is -0.937. The van der Waals surface area contributed by atoms with Crippen molar-refractivity contribution < 1.29 is 13.6 Å². The molecule has 3 aromatic heterocycles. The SMILES string of the molecule is Cc1nn(-c2ncnc3nc[nH]c23)c2c1[C@H](c1ccc(F)c(F)c1)SCC(=O)N2. The number of hydrogen-bond acceptors (Lipinski definition) is 6. The number of halogens is 2. The van der Waals surface area contributed by atoms with E-state index in [4.69, 9.17) is 0 Å². The van der Waals surface area contributed by atoms with Crippen molar-refractivity contribution >= 4 is 34.7 Å². The lowest BCUT2D eigenvalue weighted by Crippen LogP contribution is -2.16. The van der Waals surface area contributed by atoms with Gasteiger partial charge < -0.3 is 10.3 Å². The van der Waals surface area contributed by atoms with Crippen LogP contribution in [0, 0.1) is 18.6 Å². The molecular weight excluding hydrogens is 400 g/mol. The molecule has 146 valence electrons. The van der Waals surface area contributed by atoms with E-state index < -0.39 is 16.9 Å². The molecule has 1 atom stereocenters. The van der Waals surface area contributed by atoms with Crippen LogP contribution >= 0.6 is 11.8 Å². The number of carbonyl (C=O) groups is 1. The Balaban J connectivity index is 1.73. The number of anilines is 1. The third kappa shape index (κ3) is 2.85. The summed E-state index contributed by atoms with van der Waals surface area (Å²) in [4.78, 5) is 27.9. The standard InChI is InChI=1S/C18H13F2N7OS/c1-8-13-15(9-2-3-10(19)11(20)4-9)29-5-12(28)25-17(13)27(26-8)18-14-16(22-6-21-14)23-7-24-18/h2-4,6-7,15H,5H2,1H3,(H,25,28)(H,21,22,23,24)/t15-/m0/s1. The van der Waals surface area contributed by atoms with E-state index in [0.717, 1.165) is 12.1 Å². The van der Waals surface area contributed by atoms with Crippen molar-refractivity contribution in [3.8, 4) is 5.82 Å². The summed E-state index contributed by atoms with van der Waals surface area (Å²) >= 11 is 1.32. The molecule has 11 heteroatoms. The molecule has 0 bridgehead atoms. The van der Waals surface area contributed by atoms with Crippen LogP contribution in [0.2, 0.25) is 0 Å². The lowest BCUT2D eigenvalue weighted by molar-refractivity contribution is -0.113. The van der Waals surface area contributed by atoms with Gasteiger partial charge in [0, 0.05) is 5.56 Å². The summed E-state index contributed by atoms with van der Waals surface area (Å²) in [6.45, 7) is 1.80. The summed E-state index contributed by atoms with van der Waals surface area (Å²) in [5, 5.41) is 7.03. The number of amides is 1. The molecule has 5 rings (SSSR count). The number of hydrogen-bond donors (Lipinski definition) is 2. The quantitative estimate of drug-likeness (QED) is 0.524. The van der Waals surface area contributed by atoms with E-state index in [9.17, 15) is 13.6 Å². The molecule has 1 amide bonds. The van der Waals surface area contributed by atoms with Crippen LogP contribution in [0.15, 0.2) is 30.9 Å². The van der Waals surface area contributed by atoms with Crippen molar-refractivity contribution in [2.75, 3.05) is 11.1 Å². The van der Waals surface area contributed by atoms with Gasteiger partial charge in [-0.2, -0.15) is 9.78 Å². The summed E-state index contributed by atoms with van der Waals surface area (Å²) in [6, 6.07) is 3.76. The Morgan fingerprint density at radius 1 is 1.21 bits per heavy atom. The summed E-state index contributed by atoms with van der Waals surface area (Å²) in [5.74, 6) is -1.07. The number of aromatic amines is 1. The molecule has 4 aromatic rings. The normalized spacial score (nSPS) is 16.5. The maximum Gasteiger partial charge on any atom is 0.235 e.